The molecular weight excluding hydrogens is 267 g/mol. The lowest BCUT2D eigenvalue weighted by Gasteiger charge is -2.08. The number of anilines is 1. The van der Waals surface area contributed by atoms with Crippen molar-refractivity contribution in [2.75, 3.05) is 5.73 Å². The van der Waals surface area contributed by atoms with Gasteiger partial charge in [0.25, 0.3) is 0 Å². The second kappa shape index (κ2) is 5.48. The molecule has 1 aromatic heterocycles. The average Bonchev–Trinajstić information content (AvgIpc) is 2.66. The summed E-state index contributed by atoms with van der Waals surface area (Å²) in [5.74, 6) is 0.137. The van der Waals surface area contributed by atoms with E-state index in [4.69, 9.17) is 5.73 Å². The average molecular weight is 282 g/mol. The molecule has 0 spiro atoms. The Kier molecular flexibility index (Phi) is 3.94. The monoisotopic (exact) mass is 282 g/mol. The molecule has 0 radical (unpaired) electrons. The Bertz CT molecular complexity index is 615. The van der Waals surface area contributed by atoms with Gasteiger partial charge in [-0.15, -0.1) is 5.10 Å². The number of aromatic nitrogens is 3. The Morgan fingerprint density at radius 2 is 2.21 bits per heavy atom. The molecule has 0 aliphatic heterocycles. The van der Waals surface area contributed by atoms with Crippen molar-refractivity contribution in [3.63, 3.8) is 0 Å². The van der Waals surface area contributed by atoms with Crippen LogP contribution in [0.3, 0.4) is 0 Å². The summed E-state index contributed by atoms with van der Waals surface area (Å²) in [5, 5.41) is 6.96. The molecule has 0 fully saturated rings. The van der Waals surface area contributed by atoms with Crippen LogP contribution in [-0.4, -0.2) is 14.8 Å². The van der Waals surface area contributed by atoms with Crippen LogP contribution in [0.4, 0.5) is 10.1 Å². The summed E-state index contributed by atoms with van der Waals surface area (Å²) in [5.41, 5.74) is 6.49. The van der Waals surface area contributed by atoms with E-state index in [2.05, 4.69) is 10.2 Å². The highest BCUT2D eigenvalue weighted by Crippen LogP contribution is 2.23. The molecule has 0 saturated heterocycles. The van der Waals surface area contributed by atoms with Crippen LogP contribution >= 0.6 is 11.8 Å². The zero-order valence-corrected chi connectivity index (χ0v) is 11.5. The molecule has 7 heteroatoms. The van der Waals surface area contributed by atoms with Crippen molar-refractivity contribution in [2.24, 2.45) is 0 Å². The summed E-state index contributed by atoms with van der Waals surface area (Å²) >= 11 is 1.37. The number of thioether (sulfide) groups is 1. The fraction of sp³-hybridized carbons (Fsp3) is 0.333. The van der Waals surface area contributed by atoms with E-state index in [1.165, 1.54) is 23.9 Å². The topological polar surface area (TPSA) is 76.7 Å². The van der Waals surface area contributed by atoms with Crippen molar-refractivity contribution in [3.05, 3.63) is 40.1 Å². The number of nitrogens with one attached hydrogen (secondary N) is 1. The molecule has 0 aliphatic rings. The SMILES string of the molecule is CC(C)n1c(SCc2cc(N)cc(F)c2)n[nH]c1=O. The van der Waals surface area contributed by atoms with Crippen LogP contribution in [0.2, 0.25) is 0 Å². The van der Waals surface area contributed by atoms with E-state index < -0.39 is 0 Å². The number of nitrogen functional groups attached to an aromatic ring is 1. The second-order valence-corrected chi connectivity index (χ2v) is 5.40. The Morgan fingerprint density at radius 3 is 2.84 bits per heavy atom. The number of hydrogen-bond donors (Lipinski definition) is 2. The molecule has 3 N–H and O–H groups in total. The lowest BCUT2D eigenvalue weighted by Crippen LogP contribution is -2.19. The number of H-pyrrole nitrogens is 1. The van der Waals surface area contributed by atoms with E-state index in [1.54, 1.807) is 10.6 Å². The lowest BCUT2D eigenvalue weighted by atomic mass is 10.2. The third kappa shape index (κ3) is 3.17. The number of benzene rings is 1. The summed E-state index contributed by atoms with van der Waals surface area (Å²) in [7, 11) is 0. The van der Waals surface area contributed by atoms with Crippen LogP contribution in [0.1, 0.15) is 25.5 Å². The van der Waals surface area contributed by atoms with Crippen LogP contribution in [-0.2, 0) is 5.75 Å². The van der Waals surface area contributed by atoms with E-state index in [-0.39, 0.29) is 17.5 Å². The first-order chi connectivity index (χ1) is 8.97. The van der Waals surface area contributed by atoms with Crippen molar-refractivity contribution in [3.8, 4) is 0 Å². The number of nitrogens with two attached hydrogens (primary N) is 1. The Balaban J connectivity index is 2.17. The van der Waals surface area contributed by atoms with Crippen LogP contribution in [0, 0.1) is 5.82 Å². The molecule has 0 amide bonds. The van der Waals surface area contributed by atoms with Gasteiger partial charge in [-0.05, 0) is 37.6 Å². The Hall–Kier alpha value is -1.76. The third-order valence-corrected chi connectivity index (χ3v) is 3.56. The highest BCUT2D eigenvalue weighted by Gasteiger charge is 2.12. The molecule has 102 valence electrons. The van der Waals surface area contributed by atoms with Gasteiger partial charge in [0.2, 0.25) is 0 Å². The van der Waals surface area contributed by atoms with E-state index >= 15 is 0 Å². The summed E-state index contributed by atoms with van der Waals surface area (Å²) in [4.78, 5) is 11.6. The standard InChI is InChI=1S/C12H15FN4OS/c1-7(2)17-11(18)15-16-12(17)19-6-8-3-9(13)5-10(14)4-8/h3-5,7H,6,14H2,1-2H3,(H,15,18). The first-order valence-electron chi connectivity index (χ1n) is 5.82. The predicted molar refractivity (Wildman–Crippen MR) is 73.6 cm³/mol. The zero-order chi connectivity index (χ0) is 14.0. The summed E-state index contributed by atoms with van der Waals surface area (Å²) in [6.45, 7) is 3.81. The van der Waals surface area contributed by atoms with Crippen LogP contribution in [0.25, 0.3) is 0 Å². The van der Waals surface area contributed by atoms with Gasteiger partial charge in [-0.2, -0.15) is 0 Å². The number of hydrogen-bond acceptors (Lipinski definition) is 4. The summed E-state index contributed by atoms with van der Waals surface area (Å²) < 4.78 is 14.8. The maximum absolute atomic E-state index is 13.2. The fourth-order valence-corrected chi connectivity index (χ4v) is 2.76. The molecule has 1 heterocycles. The van der Waals surface area contributed by atoms with Gasteiger partial charge < -0.3 is 5.73 Å². The summed E-state index contributed by atoms with van der Waals surface area (Å²) in [6.07, 6.45) is 0. The van der Waals surface area contributed by atoms with Gasteiger partial charge in [0.1, 0.15) is 5.82 Å². The molecule has 1 aromatic carbocycles. The first-order valence-corrected chi connectivity index (χ1v) is 6.80. The maximum atomic E-state index is 13.2. The molecule has 2 aromatic rings. The predicted octanol–water partition coefficient (Wildman–Crippen LogP) is 2.17. The smallest absolute Gasteiger partial charge is 0.344 e. The van der Waals surface area contributed by atoms with Gasteiger partial charge in [0.05, 0.1) is 0 Å². The molecule has 5 nitrogen and oxygen atoms in total. The van der Waals surface area contributed by atoms with Gasteiger partial charge in [-0.25, -0.2) is 14.3 Å². The maximum Gasteiger partial charge on any atom is 0.344 e. The molecule has 2 rings (SSSR count). The minimum Gasteiger partial charge on any atom is -0.399 e. The van der Waals surface area contributed by atoms with E-state index in [0.717, 1.165) is 5.56 Å². The van der Waals surface area contributed by atoms with Gasteiger partial charge in [0.15, 0.2) is 5.16 Å². The van der Waals surface area contributed by atoms with Crippen LogP contribution in [0.5, 0.6) is 0 Å². The number of nitrogens with zero attached hydrogens (tertiary/aromatic N) is 2. The molecule has 0 aliphatic carbocycles. The minimum absolute atomic E-state index is 0.0197. The highest BCUT2D eigenvalue weighted by atomic mass is 32.2. The molecule has 0 atom stereocenters. The Morgan fingerprint density at radius 1 is 1.47 bits per heavy atom. The van der Waals surface area contributed by atoms with Crippen LogP contribution < -0.4 is 11.4 Å². The normalized spacial score (nSPS) is 11.2. The molecular formula is C12H15FN4OS. The molecule has 0 saturated carbocycles. The van der Waals surface area contributed by atoms with Gasteiger partial charge in [0, 0.05) is 17.5 Å². The van der Waals surface area contributed by atoms with Crippen molar-refractivity contribution in [1.82, 2.24) is 14.8 Å². The number of rotatable bonds is 4. The van der Waals surface area contributed by atoms with Gasteiger partial charge in [-0.3, -0.25) is 4.57 Å². The first kappa shape index (κ1) is 13.7. The molecule has 19 heavy (non-hydrogen) atoms. The largest absolute Gasteiger partial charge is 0.399 e. The van der Waals surface area contributed by atoms with Crippen molar-refractivity contribution in [1.29, 1.82) is 0 Å². The van der Waals surface area contributed by atoms with Crippen molar-refractivity contribution < 1.29 is 4.39 Å². The fourth-order valence-electron chi connectivity index (χ4n) is 1.75. The Labute approximate surface area is 114 Å². The van der Waals surface area contributed by atoms with E-state index in [0.29, 0.717) is 16.6 Å². The number of aromatic amines is 1. The van der Waals surface area contributed by atoms with Gasteiger partial charge >= 0.3 is 5.69 Å². The third-order valence-electron chi connectivity index (χ3n) is 2.54. The van der Waals surface area contributed by atoms with E-state index in [9.17, 15) is 9.18 Å². The molecule has 0 bridgehead atoms. The lowest BCUT2D eigenvalue weighted by molar-refractivity contribution is 0.534. The minimum atomic E-state index is -0.362. The van der Waals surface area contributed by atoms with Crippen molar-refractivity contribution in [2.45, 2.75) is 30.8 Å². The highest BCUT2D eigenvalue weighted by molar-refractivity contribution is 7.98. The van der Waals surface area contributed by atoms with Gasteiger partial charge in [-0.1, -0.05) is 11.8 Å². The number of halogens is 1. The molecule has 0 unspecified atom stereocenters. The van der Waals surface area contributed by atoms with Crippen molar-refractivity contribution >= 4 is 17.4 Å². The quantitative estimate of drug-likeness (QED) is 0.665. The zero-order valence-electron chi connectivity index (χ0n) is 10.7. The van der Waals surface area contributed by atoms with E-state index in [1.807, 2.05) is 13.8 Å². The summed E-state index contributed by atoms with van der Waals surface area (Å²) in [6, 6.07) is 4.42. The second-order valence-electron chi connectivity index (χ2n) is 4.46. The van der Waals surface area contributed by atoms with Crippen LogP contribution in [0.15, 0.2) is 28.2 Å².